The van der Waals surface area contributed by atoms with Gasteiger partial charge in [-0.05, 0) is 55.3 Å². The number of nitrogens with zero attached hydrogens (tertiary/aromatic N) is 3. The number of aliphatic imine (C=N–C) groups is 1. The number of ether oxygens (including phenoxy) is 1. The predicted octanol–water partition coefficient (Wildman–Crippen LogP) is 5.29. The maximum absolute atomic E-state index is 6.01. The minimum absolute atomic E-state index is 0.0700. The Kier molecular flexibility index (Phi) is 6.79. The molecular formula is C19H24BrN3O. The zero-order chi connectivity index (χ0) is 17.5. The van der Waals surface area contributed by atoms with Gasteiger partial charge in [0.25, 0.3) is 0 Å². The molecule has 0 amide bonds. The molecule has 0 aliphatic carbocycles. The fourth-order valence-corrected chi connectivity index (χ4v) is 2.65. The molecule has 0 bridgehead atoms. The molecule has 128 valence electrons. The Morgan fingerprint density at radius 3 is 2.54 bits per heavy atom. The molecule has 0 radical (unpaired) electrons. The Morgan fingerprint density at radius 1 is 1.25 bits per heavy atom. The molecule has 1 atom stereocenters. The molecule has 5 heteroatoms. The van der Waals surface area contributed by atoms with Crippen LogP contribution in [0.3, 0.4) is 0 Å². The van der Waals surface area contributed by atoms with Gasteiger partial charge in [0.1, 0.15) is 6.10 Å². The molecule has 0 saturated carbocycles. The molecule has 0 saturated heterocycles. The first-order chi connectivity index (χ1) is 11.5. The normalized spacial score (nSPS) is 12.4. The van der Waals surface area contributed by atoms with Crippen molar-refractivity contribution in [2.75, 3.05) is 13.1 Å². The van der Waals surface area contributed by atoms with Crippen molar-refractivity contribution in [2.24, 2.45) is 4.99 Å². The van der Waals surface area contributed by atoms with E-state index in [2.05, 4.69) is 44.7 Å². The van der Waals surface area contributed by atoms with E-state index in [1.165, 1.54) is 0 Å². The first-order valence-electron chi connectivity index (χ1n) is 8.22. The van der Waals surface area contributed by atoms with Gasteiger partial charge in [-0.1, -0.05) is 30.3 Å². The smallest absolute Gasteiger partial charge is 0.228 e. The number of rotatable bonds is 7. The highest BCUT2D eigenvalue weighted by Crippen LogP contribution is 2.32. The van der Waals surface area contributed by atoms with Crippen molar-refractivity contribution >= 4 is 28.0 Å². The lowest BCUT2D eigenvalue weighted by Crippen LogP contribution is -2.20. The summed E-state index contributed by atoms with van der Waals surface area (Å²) in [7, 11) is 0. The van der Waals surface area contributed by atoms with Crippen LogP contribution in [0.1, 0.15) is 38.1 Å². The minimum atomic E-state index is -0.0700. The van der Waals surface area contributed by atoms with E-state index >= 15 is 0 Å². The molecule has 0 fully saturated rings. The molecule has 1 aromatic carbocycles. The standard InChI is InChI=1S/C19H24BrN3O/c1-5-23(6-2)13-21-18-12-17(20)19(22-14(18)3)24-15(4)16-10-8-7-9-11-16/h7-13,15H,5-6H2,1-4H3. The van der Waals surface area contributed by atoms with Gasteiger partial charge in [-0.2, -0.15) is 0 Å². The lowest BCUT2D eigenvalue weighted by Gasteiger charge is -2.17. The summed E-state index contributed by atoms with van der Waals surface area (Å²) in [6.45, 7) is 10.1. The van der Waals surface area contributed by atoms with E-state index in [-0.39, 0.29) is 6.10 Å². The second kappa shape index (κ2) is 8.83. The zero-order valence-electron chi connectivity index (χ0n) is 14.7. The molecule has 2 aromatic rings. The van der Waals surface area contributed by atoms with E-state index in [4.69, 9.17) is 4.74 Å². The number of pyridine rings is 1. The van der Waals surface area contributed by atoms with Gasteiger partial charge in [0.2, 0.25) is 5.88 Å². The molecule has 0 N–H and O–H groups in total. The first-order valence-corrected chi connectivity index (χ1v) is 9.01. The van der Waals surface area contributed by atoms with Gasteiger partial charge in [0.15, 0.2) is 0 Å². The van der Waals surface area contributed by atoms with Crippen LogP contribution in [-0.4, -0.2) is 29.3 Å². The molecule has 1 heterocycles. The average molecular weight is 390 g/mol. The van der Waals surface area contributed by atoms with Gasteiger partial charge >= 0.3 is 0 Å². The molecule has 1 unspecified atom stereocenters. The fraction of sp³-hybridized carbons (Fsp3) is 0.368. The number of hydrogen-bond acceptors (Lipinski definition) is 3. The van der Waals surface area contributed by atoms with Crippen molar-refractivity contribution in [2.45, 2.75) is 33.8 Å². The number of benzene rings is 1. The van der Waals surface area contributed by atoms with Crippen LogP contribution in [0, 0.1) is 6.92 Å². The van der Waals surface area contributed by atoms with E-state index in [1.54, 1.807) is 0 Å². The maximum Gasteiger partial charge on any atom is 0.228 e. The summed E-state index contributed by atoms with van der Waals surface area (Å²) in [6.07, 6.45) is 1.79. The Bertz CT molecular complexity index is 685. The first kappa shape index (κ1) is 18.5. The van der Waals surface area contributed by atoms with E-state index in [0.717, 1.165) is 34.5 Å². The van der Waals surface area contributed by atoms with Crippen molar-refractivity contribution < 1.29 is 4.74 Å². The lowest BCUT2D eigenvalue weighted by molar-refractivity contribution is 0.215. The number of halogens is 1. The Hall–Kier alpha value is -1.88. The molecule has 2 rings (SSSR count). The third kappa shape index (κ3) is 4.81. The summed E-state index contributed by atoms with van der Waals surface area (Å²) >= 11 is 3.55. The van der Waals surface area contributed by atoms with Crippen molar-refractivity contribution in [1.82, 2.24) is 9.88 Å². The molecule has 0 spiro atoms. The third-order valence-electron chi connectivity index (χ3n) is 3.84. The van der Waals surface area contributed by atoms with Crippen LogP contribution in [-0.2, 0) is 0 Å². The Morgan fingerprint density at radius 2 is 1.92 bits per heavy atom. The molecule has 0 aliphatic rings. The summed E-state index contributed by atoms with van der Waals surface area (Å²) in [6, 6.07) is 12.1. The van der Waals surface area contributed by atoms with E-state index in [9.17, 15) is 0 Å². The summed E-state index contributed by atoms with van der Waals surface area (Å²) in [4.78, 5) is 11.2. The molecule has 1 aromatic heterocycles. The van der Waals surface area contributed by atoms with Crippen molar-refractivity contribution in [3.63, 3.8) is 0 Å². The van der Waals surface area contributed by atoms with Gasteiger partial charge < -0.3 is 9.64 Å². The largest absolute Gasteiger partial charge is 0.469 e. The predicted molar refractivity (Wildman–Crippen MR) is 103 cm³/mol. The molecule has 0 aliphatic heterocycles. The minimum Gasteiger partial charge on any atom is -0.469 e. The summed E-state index contributed by atoms with van der Waals surface area (Å²) in [5.74, 6) is 0.589. The summed E-state index contributed by atoms with van der Waals surface area (Å²) < 4.78 is 6.82. The van der Waals surface area contributed by atoms with E-state index in [1.807, 2.05) is 56.6 Å². The quantitative estimate of drug-likeness (QED) is 0.476. The van der Waals surface area contributed by atoms with Gasteiger partial charge in [0.05, 0.1) is 22.2 Å². The number of aromatic nitrogens is 1. The van der Waals surface area contributed by atoms with Crippen LogP contribution in [0.2, 0.25) is 0 Å². The highest BCUT2D eigenvalue weighted by molar-refractivity contribution is 9.10. The van der Waals surface area contributed by atoms with Crippen molar-refractivity contribution in [3.8, 4) is 5.88 Å². The fourth-order valence-electron chi connectivity index (χ4n) is 2.25. The average Bonchev–Trinajstić information content (AvgIpc) is 2.60. The lowest BCUT2D eigenvalue weighted by atomic mass is 10.1. The monoisotopic (exact) mass is 389 g/mol. The zero-order valence-corrected chi connectivity index (χ0v) is 16.2. The summed E-state index contributed by atoms with van der Waals surface area (Å²) in [5, 5.41) is 0. The second-order valence-corrected chi connectivity index (χ2v) is 6.37. The Balaban J connectivity index is 2.17. The van der Waals surface area contributed by atoms with Crippen molar-refractivity contribution in [1.29, 1.82) is 0 Å². The SMILES string of the molecule is CCN(C=Nc1cc(Br)c(OC(C)c2ccccc2)nc1C)CC. The van der Waals surface area contributed by atoms with Gasteiger partial charge in [-0.3, -0.25) is 0 Å². The van der Waals surface area contributed by atoms with Crippen LogP contribution >= 0.6 is 15.9 Å². The topological polar surface area (TPSA) is 37.7 Å². The summed E-state index contributed by atoms with van der Waals surface area (Å²) in [5.41, 5.74) is 2.80. The van der Waals surface area contributed by atoms with Gasteiger partial charge in [-0.15, -0.1) is 0 Å². The molecule has 24 heavy (non-hydrogen) atoms. The van der Waals surface area contributed by atoms with E-state index < -0.39 is 0 Å². The second-order valence-electron chi connectivity index (χ2n) is 5.52. The van der Waals surface area contributed by atoms with Crippen LogP contribution < -0.4 is 4.74 Å². The van der Waals surface area contributed by atoms with Crippen LogP contribution in [0.25, 0.3) is 0 Å². The molecule has 4 nitrogen and oxygen atoms in total. The Labute approximate surface area is 152 Å². The van der Waals surface area contributed by atoms with Gasteiger partial charge in [-0.25, -0.2) is 9.98 Å². The maximum atomic E-state index is 6.01. The highest BCUT2D eigenvalue weighted by atomic mass is 79.9. The van der Waals surface area contributed by atoms with E-state index in [0.29, 0.717) is 5.88 Å². The number of aryl methyl sites for hydroxylation is 1. The van der Waals surface area contributed by atoms with Crippen LogP contribution in [0.15, 0.2) is 45.9 Å². The highest BCUT2D eigenvalue weighted by Gasteiger charge is 2.13. The molecular weight excluding hydrogens is 366 g/mol. The number of hydrogen-bond donors (Lipinski definition) is 0. The third-order valence-corrected chi connectivity index (χ3v) is 4.41. The van der Waals surface area contributed by atoms with Crippen LogP contribution in [0.4, 0.5) is 5.69 Å². The van der Waals surface area contributed by atoms with Gasteiger partial charge in [0, 0.05) is 13.1 Å². The van der Waals surface area contributed by atoms with Crippen LogP contribution in [0.5, 0.6) is 5.88 Å². The van der Waals surface area contributed by atoms with Crippen molar-refractivity contribution in [3.05, 3.63) is 52.1 Å².